The molecule has 0 N–H and O–H groups in total. The molecule has 0 amide bonds. The molecule has 0 bridgehead atoms. The molecule has 0 saturated heterocycles. The van der Waals surface area contributed by atoms with E-state index >= 15 is 0 Å². The van der Waals surface area contributed by atoms with E-state index in [0.717, 1.165) is 0 Å². The summed E-state index contributed by atoms with van der Waals surface area (Å²) in [5.41, 5.74) is 0. The van der Waals surface area contributed by atoms with Gasteiger partial charge < -0.3 is 0 Å². The van der Waals surface area contributed by atoms with Crippen molar-refractivity contribution in [2.24, 2.45) is 0 Å². The van der Waals surface area contributed by atoms with E-state index < -0.39 is 45.9 Å². The van der Waals surface area contributed by atoms with E-state index in [1.807, 2.05) is 0 Å². The van der Waals surface area contributed by atoms with Gasteiger partial charge in [-0.3, -0.25) is 0 Å². The van der Waals surface area contributed by atoms with Crippen LogP contribution in [0.1, 0.15) is 0 Å². The predicted molar refractivity (Wildman–Crippen MR) is 122 cm³/mol. The van der Waals surface area contributed by atoms with Crippen molar-refractivity contribution in [3.8, 4) is 0 Å². The first-order valence-electron chi connectivity index (χ1n) is 2.66. The van der Waals surface area contributed by atoms with Crippen LogP contribution in [0.3, 0.4) is 0 Å². The molecule has 0 radical (unpaired) electrons. The van der Waals surface area contributed by atoms with E-state index in [0.29, 0.717) is 0 Å². The summed E-state index contributed by atoms with van der Waals surface area (Å²) in [5, 5.41) is 0. The van der Waals surface area contributed by atoms with Crippen molar-refractivity contribution in [1.82, 2.24) is 0 Å². The van der Waals surface area contributed by atoms with Crippen molar-refractivity contribution in [3.63, 3.8) is 0 Å². The summed E-state index contributed by atoms with van der Waals surface area (Å²) in [6, 6.07) is 0. The van der Waals surface area contributed by atoms with Gasteiger partial charge in [0.25, 0.3) is 0 Å². The van der Waals surface area contributed by atoms with Gasteiger partial charge in [0.15, 0.2) is 0 Å². The summed E-state index contributed by atoms with van der Waals surface area (Å²) in [4.78, 5) is 0. The van der Waals surface area contributed by atoms with Crippen molar-refractivity contribution in [2.75, 3.05) is 0 Å². The Morgan fingerprint density at radius 3 is 0.857 bits per heavy atom. The maximum atomic E-state index is 5.00. The third-order valence-corrected chi connectivity index (χ3v) is 0. The first-order chi connectivity index (χ1) is 8.61. The van der Waals surface area contributed by atoms with Crippen molar-refractivity contribution in [2.45, 2.75) is 0 Å². The summed E-state index contributed by atoms with van der Waals surface area (Å²) in [6.07, 6.45) is 0. The van der Waals surface area contributed by atoms with Gasteiger partial charge in [0.2, 0.25) is 0 Å². The van der Waals surface area contributed by atoms with Crippen LogP contribution in [0, 0.1) is 0 Å². The van der Waals surface area contributed by atoms with Crippen LogP contribution in [-0.2, 0) is 86.1 Å². The molecular formula is Br3Cl9Hf3I3V3+4. The topological polar surface area (TPSA) is 0 Å². The molecule has 0 aromatic rings. The van der Waals surface area contributed by atoms with Gasteiger partial charge in [0.1, 0.15) is 0 Å². The molecule has 21 heavy (non-hydrogen) atoms. The van der Waals surface area contributed by atoms with Crippen molar-refractivity contribution in [3.05, 3.63) is 0 Å². The Kier molecular flexibility index (Phi) is 81.5. The third-order valence-electron chi connectivity index (χ3n) is 0. The average Bonchev–Trinajstić information content (AvgIpc) is 1.95. The molecule has 0 spiro atoms. The average molecular weight is 1630 g/mol. The maximum absolute atomic E-state index is 5.00. The summed E-state index contributed by atoms with van der Waals surface area (Å²) >= 11 is 14.2. The minimum atomic E-state index is -2.99. The number of hydrogen-bond donors (Lipinski definition) is 0. The molecule has 0 rings (SSSR count). The van der Waals surface area contributed by atoms with Crippen LogP contribution in [0.15, 0.2) is 0 Å². The predicted octanol–water partition coefficient (Wildman–Crippen LogP) is 11.4. The first kappa shape index (κ1) is 45.2. The Morgan fingerprint density at radius 2 is 0.857 bits per heavy atom. The van der Waals surface area contributed by atoms with Crippen LogP contribution < -0.4 is 0 Å². The van der Waals surface area contributed by atoms with Crippen LogP contribution in [0.5, 0.6) is 0 Å². The van der Waals surface area contributed by atoms with Crippen molar-refractivity contribution < 1.29 is 86.1 Å². The molecule has 0 nitrogen and oxygen atoms in total. The fraction of sp³-hybridized carbons (Fsp3) is 0. The fourth-order valence-electron chi connectivity index (χ4n) is 0. The van der Waals surface area contributed by atoms with E-state index in [1.54, 1.807) is 0 Å². The normalized spacial score (nSPS) is 7.81. The van der Waals surface area contributed by atoms with Crippen LogP contribution in [-0.4, -0.2) is 0 Å². The van der Waals surface area contributed by atoms with Crippen LogP contribution in [0.25, 0.3) is 0 Å². The Hall–Kier alpha value is 10.6. The van der Waals surface area contributed by atoms with Gasteiger partial charge in [-0.05, 0) is 0 Å². The van der Waals surface area contributed by atoms with Gasteiger partial charge in [0.05, 0.1) is 0 Å². The van der Waals surface area contributed by atoms with Gasteiger partial charge in [-0.2, -0.15) is 0 Å². The van der Waals surface area contributed by atoms with Crippen LogP contribution in [0.2, 0.25) is 0 Å². The van der Waals surface area contributed by atoms with Gasteiger partial charge >= 0.3 is 266 Å². The Balaban J connectivity index is -0.0000000334. The second kappa shape index (κ2) is 37.9. The first-order valence-corrected chi connectivity index (χ1v) is 74.1. The Morgan fingerprint density at radius 1 is 0.857 bits per heavy atom. The molecule has 128 valence electrons. The second-order valence-electron chi connectivity index (χ2n) is 1.07. The number of hydrogen-bond acceptors (Lipinski definition) is 0. The summed E-state index contributed by atoms with van der Waals surface area (Å²) < 4.78 is 0. The quantitative estimate of drug-likeness (QED) is 0.168. The molecule has 0 aromatic heterocycles. The molecule has 0 aliphatic carbocycles. The van der Waals surface area contributed by atoms with E-state index in [9.17, 15) is 0 Å². The van der Waals surface area contributed by atoms with Crippen LogP contribution >= 0.6 is 180 Å². The zero-order chi connectivity index (χ0) is 17.9. The van der Waals surface area contributed by atoms with Gasteiger partial charge in [-0.25, -0.2) is 0 Å². The van der Waals surface area contributed by atoms with E-state index in [1.165, 1.54) is 0 Å². The molecule has 0 saturated carbocycles. The summed E-state index contributed by atoms with van der Waals surface area (Å²) in [5.74, 6) is 0. The molecule has 0 unspecified atom stereocenters. The SMILES string of the molecule is [Br][Hf]([Br])[Br].[Cl][V]([Cl])([Cl])[Cl].[Cl][V]([Cl])[Cl].[Cl][V][Cl].[Hf+4].[I][Hf]([I])[I]. The number of rotatable bonds is 0. The summed E-state index contributed by atoms with van der Waals surface area (Å²) in [7, 11) is 40.8. The van der Waals surface area contributed by atoms with Crippen molar-refractivity contribution >= 4 is 180 Å². The molecular weight excluding hydrogens is 1630 g/mol. The molecule has 0 atom stereocenters. The summed E-state index contributed by atoms with van der Waals surface area (Å²) in [6.45, 7) is 0. The Labute approximate surface area is 257 Å². The van der Waals surface area contributed by atoms with Crippen LogP contribution in [0.4, 0.5) is 0 Å². The van der Waals surface area contributed by atoms with Gasteiger partial charge in [0, 0.05) is 0 Å². The molecule has 21 heteroatoms. The molecule has 0 aliphatic rings. The van der Waals surface area contributed by atoms with Gasteiger partial charge in [-0.1, -0.05) is 0 Å². The molecule has 0 fully saturated rings. The van der Waals surface area contributed by atoms with E-state index in [2.05, 4.69) is 91.3 Å². The Bertz CT molecular complexity index is 129. The second-order valence-corrected chi connectivity index (χ2v) is 150. The molecule has 0 aliphatic heterocycles. The van der Waals surface area contributed by atoms with E-state index in [-0.39, 0.29) is 40.2 Å². The monoisotopic (exact) mass is 1620 g/mol. The third kappa shape index (κ3) is 223. The zero-order valence-corrected chi connectivity index (χ0v) is 41.5. The van der Waals surface area contributed by atoms with Gasteiger partial charge in [-0.15, -0.1) is 0 Å². The fourth-order valence-corrected chi connectivity index (χ4v) is 0. The van der Waals surface area contributed by atoms with Crippen molar-refractivity contribution in [1.29, 1.82) is 0 Å². The zero-order valence-electron chi connectivity index (χ0n) is 8.51. The minimum absolute atomic E-state index is 0. The standard InChI is InChI=1S/3BrH.9ClH.3Hf.3HI.3V/h12*1H;;;;3*1H;;;/q;;;;;;;;;;;;2*+3;+4;;;;+2;+3;+4/p-15. The molecule has 0 aromatic carbocycles. The number of halogens is 15. The molecule has 0 heterocycles. The van der Waals surface area contributed by atoms with E-state index in [4.69, 9.17) is 88.6 Å².